The molecule has 0 spiro atoms. The molecule has 3 amide bonds. The Kier molecular flexibility index (Phi) is 8.18. The maximum atomic E-state index is 13.1. The largest absolute Gasteiger partial charge is 0.429 e. The first-order chi connectivity index (χ1) is 14.5. The zero-order valence-electron chi connectivity index (χ0n) is 18.4. The van der Waals surface area contributed by atoms with Crippen molar-refractivity contribution in [2.45, 2.75) is 65.7 Å². The van der Waals surface area contributed by atoms with Gasteiger partial charge >= 0.3 is 6.03 Å². The second kappa shape index (κ2) is 10.8. The van der Waals surface area contributed by atoms with Crippen molar-refractivity contribution < 1.29 is 24.4 Å². The van der Waals surface area contributed by atoms with Crippen LogP contribution >= 0.6 is 0 Å². The van der Waals surface area contributed by atoms with Gasteiger partial charge in [-0.25, -0.2) is 15.0 Å². The molecule has 1 fully saturated rings. The highest BCUT2D eigenvalue weighted by molar-refractivity contribution is 6.06. The number of aromatic nitrogens is 2. The minimum absolute atomic E-state index is 0.156. The zero-order chi connectivity index (χ0) is 21.5. The number of hydrogen-bond donors (Lipinski definition) is 1. The van der Waals surface area contributed by atoms with Crippen molar-refractivity contribution in [1.82, 2.24) is 14.5 Å². The molecule has 1 aromatic rings. The predicted molar refractivity (Wildman–Crippen MR) is 112 cm³/mol. The van der Waals surface area contributed by atoms with Gasteiger partial charge in [-0.05, 0) is 44.4 Å². The van der Waals surface area contributed by atoms with Gasteiger partial charge < -0.3 is 14.0 Å². The average molecular weight is 420 g/mol. The van der Waals surface area contributed by atoms with Crippen LogP contribution in [0.15, 0.2) is 18.5 Å². The van der Waals surface area contributed by atoms with Gasteiger partial charge in [-0.2, -0.15) is 4.98 Å². The fraction of sp³-hybridized carbons (Fsp3) is 0.682. The Bertz CT molecular complexity index is 754. The quantitative estimate of drug-likeness (QED) is 0.465. The van der Waals surface area contributed by atoms with Crippen LogP contribution in [-0.2, 0) is 16.0 Å². The van der Waals surface area contributed by atoms with Crippen LogP contribution in [0.4, 0.5) is 10.6 Å². The van der Waals surface area contributed by atoms with Gasteiger partial charge in [-0.1, -0.05) is 32.4 Å². The van der Waals surface area contributed by atoms with Gasteiger partial charge in [-0.3, -0.25) is 4.79 Å². The van der Waals surface area contributed by atoms with Gasteiger partial charge in [-0.15, -0.1) is 0 Å². The van der Waals surface area contributed by atoms with E-state index < -0.39 is 0 Å². The van der Waals surface area contributed by atoms with Crippen LogP contribution in [0.25, 0.3) is 0 Å². The van der Waals surface area contributed by atoms with Gasteiger partial charge in [0.05, 0.1) is 6.61 Å². The van der Waals surface area contributed by atoms with Crippen molar-refractivity contribution in [1.29, 1.82) is 0 Å². The molecule has 0 aliphatic carbocycles. The number of nitrogens with zero attached hydrogens (tertiary/aromatic N) is 3. The van der Waals surface area contributed by atoms with Crippen LogP contribution in [-0.4, -0.2) is 52.4 Å². The minimum Gasteiger partial charge on any atom is -0.353 e. The molecule has 8 nitrogen and oxygen atoms in total. The molecule has 0 saturated carbocycles. The number of carbonyl (C=O) groups is 2. The number of imidazole rings is 1. The van der Waals surface area contributed by atoms with E-state index in [9.17, 15) is 9.59 Å². The summed E-state index contributed by atoms with van der Waals surface area (Å²) in [5, 5.41) is 1.47. The zero-order valence-corrected chi connectivity index (χ0v) is 18.4. The molecular formula is C22H35N4O4+. The molecule has 3 atom stereocenters. The third kappa shape index (κ3) is 5.36. The number of carbonyl (C=O) groups excluding carboxylic acids is 2. The monoisotopic (exact) mass is 419 g/mol. The lowest BCUT2D eigenvalue weighted by atomic mass is 9.91. The standard InChI is InChI=1S/C22H34N4O4/c1-4-9-16(3)17(5-2)14-25-15-23-20-19(25)21(27)26(22(28)24-20)11-8-13-30-18-10-6-7-12-29-18/h4,9,15-18H,5-8,10-14H2,1-3H3,(H,24,28)/p+1. The van der Waals surface area contributed by atoms with Crippen LogP contribution in [0.5, 0.6) is 0 Å². The first kappa shape index (κ1) is 22.7. The van der Waals surface area contributed by atoms with Gasteiger partial charge in [0.25, 0.3) is 11.7 Å². The van der Waals surface area contributed by atoms with Crippen LogP contribution in [0.2, 0.25) is 0 Å². The summed E-state index contributed by atoms with van der Waals surface area (Å²) in [6.45, 7) is 8.61. The molecule has 3 rings (SSSR count). The molecule has 0 aromatic carbocycles. The molecule has 2 N–H and O–H groups in total. The summed E-state index contributed by atoms with van der Waals surface area (Å²) in [5.74, 6) is 0.999. The Morgan fingerprint density at radius 3 is 2.93 bits per heavy atom. The van der Waals surface area contributed by atoms with E-state index in [2.05, 4.69) is 31.0 Å². The Morgan fingerprint density at radius 2 is 2.23 bits per heavy atom. The van der Waals surface area contributed by atoms with E-state index in [1.807, 2.05) is 11.5 Å². The lowest BCUT2D eigenvalue weighted by molar-refractivity contribution is -0.477. The van der Waals surface area contributed by atoms with Crippen molar-refractivity contribution in [2.24, 2.45) is 11.8 Å². The van der Waals surface area contributed by atoms with E-state index in [0.29, 0.717) is 49.5 Å². The Balaban J connectivity index is 1.61. The van der Waals surface area contributed by atoms with E-state index >= 15 is 0 Å². The number of fused-ring (bicyclic) bond motifs is 1. The van der Waals surface area contributed by atoms with Crippen LogP contribution in [0, 0.1) is 11.8 Å². The van der Waals surface area contributed by atoms with Crippen molar-refractivity contribution in [3.05, 3.63) is 24.2 Å². The van der Waals surface area contributed by atoms with E-state index in [1.54, 1.807) is 6.33 Å². The van der Waals surface area contributed by atoms with E-state index in [1.165, 1.54) is 10.2 Å². The highest BCUT2D eigenvalue weighted by atomic mass is 16.7. The highest BCUT2D eigenvalue weighted by Crippen LogP contribution is 2.23. The molecule has 0 radical (unpaired) electrons. The number of rotatable bonds is 10. The Hall–Kier alpha value is -2.03. The highest BCUT2D eigenvalue weighted by Gasteiger charge is 2.39. The molecule has 2 aliphatic heterocycles. The summed E-state index contributed by atoms with van der Waals surface area (Å²) < 4.78 is 13.2. The van der Waals surface area contributed by atoms with Crippen molar-refractivity contribution in [3.8, 4) is 0 Å². The second-order valence-electron chi connectivity index (χ2n) is 8.14. The smallest absolute Gasteiger partial charge is 0.353 e. The number of allylic oxidation sites excluding steroid dienone is 2. The third-order valence-corrected chi connectivity index (χ3v) is 6.00. The molecule has 0 bridgehead atoms. The summed E-state index contributed by atoms with van der Waals surface area (Å²) in [6.07, 6.45) is 10.5. The normalized spacial score (nSPS) is 21.8. The maximum Gasteiger partial charge on any atom is 0.429 e. The summed E-state index contributed by atoms with van der Waals surface area (Å²) in [7, 11) is 0. The van der Waals surface area contributed by atoms with E-state index in [0.717, 1.165) is 32.3 Å². The van der Waals surface area contributed by atoms with Crippen molar-refractivity contribution in [3.63, 3.8) is 0 Å². The first-order valence-electron chi connectivity index (χ1n) is 11.2. The molecule has 30 heavy (non-hydrogen) atoms. The lowest BCUT2D eigenvalue weighted by Gasteiger charge is -2.25. The van der Waals surface area contributed by atoms with Gasteiger partial charge in [0.2, 0.25) is 0 Å². The van der Waals surface area contributed by atoms with Crippen LogP contribution < -0.4 is 5.32 Å². The molecular weight excluding hydrogens is 384 g/mol. The summed E-state index contributed by atoms with van der Waals surface area (Å²) >= 11 is 0. The summed E-state index contributed by atoms with van der Waals surface area (Å²) in [6, 6.07) is -0.305. The summed E-state index contributed by atoms with van der Waals surface area (Å²) in [5.41, 5.74) is 0.511. The molecule has 8 heteroatoms. The molecule has 2 aliphatic rings. The number of primary amides is 1. The van der Waals surface area contributed by atoms with Crippen molar-refractivity contribution >= 4 is 17.8 Å². The SMILES string of the molecule is CC=CC(C)C(CC)Cn1cnc2c1C(=O)N(CCCOC1CCCCO1)C(=O)[NH2+]2. The fourth-order valence-electron chi connectivity index (χ4n) is 4.17. The number of hydrogen-bond acceptors (Lipinski definition) is 5. The third-order valence-electron chi connectivity index (χ3n) is 6.00. The number of urea groups is 1. The molecule has 1 aromatic heterocycles. The Morgan fingerprint density at radius 1 is 1.40 bits per heavy atom. The predicted octanol–water partition coefficient (Wildman–Crippen LogP) is 2.83. The number of amides is 3. The van der Waals surface area contributed by atoms with E-state index in [-0.39, 0.29) is 18.2 Å². The van der Waals surface area contributed by atoms with Crippen LogP contribution in [0.3, 0.4) is 0 Å². The second-order valence-corrected chi connectivity index (χ2v) is 8.14. The maximum absolute atomic E-state index is 13.1. The number of ether oxygens (including phenoxy) is 2. The Labute approximate surface area is 178 Å². The molecule has 1 saturated heterocycles. The number of imide groups is 1. The van der Waals surface area contributed by atoms with Crippen LogP contribution in [0.1, 0.15) is 63.4 Å². The minimum atomic E-state index is -0.305. The number of quaternary nitrogens is 1. The van der Waals surface area contributed by atoms with Crippen molar-refractivity contribution in [2.75, 3.05) is 19.8 Å². The van der Waals surface area contributed by atoms with Gasteiger partial charge in [0.1, 0.15) is 6.33 Å². The lowest BCUT2D eigenvalue weighted by Crippen LogP contribution is -2.88. The fourth-order valence-corrected chi connectivity index (χ4v) is 4.17. The summed E-state index contributed by atoms with van der Waals surface area (Å²) in [4.78, 5) is 31.2. The van der Waals surface area contributed by atoms with Gasteiger partial charge in [0.15, 0.2) is 12.0 Å². The molecule has 3 unspecified atom stereocenters. The topological polar surface area (TPSA) is 90.3 Å². The first-order valence-corrected chi connectivity index (χ1v) is 11.2. The number of nitrogens with two attached hydrogens (primary N) is 1. The van der Waals surface area contributed by atoms with Gasteiger partial charge in [0, 0.05) is 19.7 Å². The average Bonchev–Trinajstić information content (AvgIpc) is 3.14. The molecule has 166 valence electrons. The molecule has 3 heterocycles. The van der Waals surface area contributed by atoms with E-state index in [4.69, 9.17) is 9.47 Å².